The number of aliphatic imine (C=N–C) groups is 1. The van der Waals surface area contributed by atoms with Crippen molar-refractivity contribution in [2.45, 2.75) is 32.2 Å². The van der Waals surface area contributed by atoms with Crippen LogP contribution >= 0.6 is 0 Å². The van der Waals surface area contributed by atoms with Gasteiger partial charge in [-0.05, 0) is 26.2 Å². The Morgan fingerprint density at radius 1 is 1.04 bits per heavy atom. The average Bonchev–Trinajstić information content (AvgIpc) is 2.97. The predicted molar refractivity (Wildman–Crippen MR) is 91.9 cm³/mol. The molecule has 3 rings (SSSR count). The molecule has 1 fully saturated rings. The van der Waals surface area contributed by atoms with E-state index in [4.69, 9.17) is 4.99 Å². The van der Waals surface area contributed by atoms with E-state index in [-0.39, 0.29) is 6.04 Å². The fourth-order valence-electron chi connectivity index (χ4n) is 3.20. The maximum Gasteiger partial charge on any atom is 0.309 e. The Kier molecular flexibility index (Phi) is 4.28. The Bertz CT molecular complexity index is 667. The van der Waals surface area contributed by atoms with Gasteiger partial charge in [0.15, 0.2) is 0 Å². The van der Waals surface area contributed by atoms with Crippen LogP contribution in [0.4, 0.5) is 0 Å². The van der Waals surface area contributed by atoms with Gasteiger partial charge in [0.1, 0.15) is 0 Å². The Morgan fingerprint density at radius 3 is 2.00 bits per heavy atom. The van der Waals surface area contributed by atoms with E-state index < -0.39 is 11.4 Å². The quantitative estimate of drug-likeness (QED) is 0.862. The third-order valence-corrected chi connectivity index (χ3v) is 4.64. The number of nitrogens with zero attached hydrogens (tertiary/aromatic N) is 1. The van der Waals surface area contributed by atoms with E-state index in [9.17, 15) is 9.90 Å². The highest BCUT2D eigenvalue weighted by molar-refractivity contribution is 6.13. The minimum atomic E-state index is -0.712. The fraction of sp³-hybridized carbons (Fsp3) is 0.300. The highest BCUT2D eigenvalue weighted by atomic mass is 16.4. The van der Waals surface area contributed by atoms with Crippen LogP contribution < -0.4 is 0 Å². The van der Waals surface area contributed by atoms with Crippen molar-refractivity contribution in [2.75, 3.05) is 0 Å². The molecule has 3 nitrogen and oxygen atoms in total. The SMILES string of the molecule is CC1(C(=O)O)CCC(N=C(c2ccccc2)c2ccccc2)C1. The Hall–Kier alpha value is -2.42. The monoisotopic (exact) mass is 307 g/mol. The fourth-order valence-corrected chi connectivity index (χ4v) is 3.20. The van der Waals surface area contributed by atoms with Crippen LogP contribution in [0, 0.1) is 5.41 Å². The number of hydrogen-bond donors (Lipinski definition) is 1. The summed E-state index contributed by atoms with van der Waals surface area (Å²) >= 11 is 0. The first-order valence-electron chi connectivity index (χ1n) is 8.00. The van der Waals surface area contributed by atoms with Crippen LogP contribution in [0.3, 0.4) is 0 Å². The smallest absolute Gasteiger partial charge is 0.309 e. The molecule has 118 valence electrons. The Labute approximate surface area is 136 Å². The zero-order valence-electron chi connectivity index (χ0n) is 13.3. The van der Waals surface area contributed by atoms with Gasteiger partial charge < -0.3 is 5.11 Å². The molecule has 0 bridgehead atoms. The molecule has 23 heavy (non-hydrogen) atoms. The molecule has 1 aliphatic rings. The summed E-state index contributed by atoms with van der Waals surface area (Å²) in [6.45, 7) is 1.83. The maximum atomic E-state index is 11.4. The molecule has 2 atom stereocenters. The van der Waals surface area contributed by atoms with E-state index in [1.54, 1.807) is 0 Å². The molecular formula is C20H21NO2. The summed E-state index contributed by atoms with van der Waals surface area (Å²) in [4.78, 5) is 16.4. The van der Waals surface area contributed by atoms with Gasteiger partial charge in [0.2, 0.25) is 0 Å². The van der Waals surface area contributed by atoms with E-state index in [1.807, 2.05) is 43.3 Å². The Morgan fingerprint density at radius 2 is 1.57 bits per heavy atom. The molecule has 1 aliphatic carbocycles. The first-order valence-corrected chi connectivity index (χ1v) is 8.00. The average molecular weight is 307 g/mol. The third-order valence-electron chi connectivity index (χ3n) is 4.64. The number of benzene rings is 2. The lowest BCUT2D eigenvalue weighted by Gasteiger charge is -2.17. The van der Waals surface area contributed by atoms with Gasteiger partial charge in [-0.1, -0.05) is 60.7 Å². The molecule has 2 aromatic rings. The molecule has 2 aromatic carbocycles. The first kappa shape index (κ1) is 15.5. The van der Waals surface area contributed by atoms with Gasteiger partial charge in [-0.3, -0.25) is 9.79 Å². The number of hydrogen-bond acceptors (Lipinski definition) is 2. The summed E-state index contributed by atoms with van der Waals surface area (Å²) in [7, 11) is 0. The Balaban J connectivity index is 1.95. The number of carboxylic acid groups (broad SMARTS) is 1. The van der Waals surface area contributed by atoms with Crippen LogP contribution in [0.1, 0.15) is 37.3 Å². The molecule has 0 aromatic heterocycles. The van der Waals surface area contributed by atoms with Crippen molar-refractivity contribution >= 4 is 11.7 Å². The third kappa shape index (κ3) is 3.34. The molecule has 1 N–H and O–H groups in total. The van der Waals surface area contributed by atoms with Crippen LogP contribution in [0.25, 0.3) is 0 Å². The lowest BCUT2D eigenvalue weighted by molar-refractivity contribution is -0.147. The summed E-state index contributed by atoms with van der Waals surface area (Å²) in [5, 5.41) is 9.41. The van der Waals surface area contributed by atoms with Gasteiger partial charge in [-0.25, -0.2) is 0 Å². The van der Waals surface area contributed by atoms with Crippen LogP contribution in [0.2, 0.25) is 0 Å². The van der Waals surface area contributed by atoms with Crippen LogP contribution in [0.5, 0.6) is 0 Å². The molecular weight excluding hydrogens is 286 g/mol. The van der Waals surface area contributed by atoms with Crippen LogP contribution in [0.15, 0.2) is 65.7 Å². The van der Waals surface area contributed by atoms with Gasteiger partial charge in [-0.15, -0.1) is 0 Å². The first-order chi connectivity index (χ1) is 11.1. The van der Waals surface area contributed by atoms with Crippen molar-refractivity contribution in [3.05, 3.63) is 71.8 Å². The number of carboxylic acids is 1. The highest BCUT2D eigenvalue weighted by Crippen LogP contribution is 2.39. The molecule has 0 radical (unpaired) electrons. The summed E-state index contributed by atoms with van der Waals surface area (Å²) in [6, 6.07) is 20.3. The van der Waals surface area contributed by atoms with E-state index in [0.717, 1.165) is 23.3 Å². The topological polar surface area (TPSA) is 49.7 Å². The zero-order chi connectivity index (χ0) is 16.3. The molecule has 0 spiro atoms. The van der Waals surface area contributed by atoms with Crippen molar-refractivity contribution in [3.8, 4) is 0 Å². The molecule has 0 heterocycles. The van der Waals surface area contributed by atoms with Crippen LogP contribution in [-0.4, -0.2) is 22.8 Å². The van der Waals surface area contributed by atoms with Gasteiger partial charge in [0, 0.05) is 11.1 Å². The van der Waals surface area contributed by atoms with E-state index in [2.05, 4.69) is 24.3 Å². The number of rotatable bonds is 4. The summed E-state index contributed by atoms with van der Waals surface area (Å²) in [6.07, 6.45) is 2.12. The minimum Gasteiger partial charge on any atom is -0.481 e. The minimum absolute atomic E-state index is 0.0616. The highest BCUT2D eigenvalue weighted by Gasteiger charge is 2.41. The molecule has 2 unspecified atom stereocenters. The summed E-state index contributed by atoms with van der Waals surface area (Å²) in [5.74, 6) is -0.712. The van der Waals surface area contributed by atoms with E-state index >= 15 is 0 Å². The van der Waals surface area contributed by atoms with Gasteiger partial charge in [0.25, 0.3) is 0 Å². The second-order valence-electron chi connectivity index (χ2n) is 6.47. The van der Waals surface area contributed by atoms with E-state index in [0.29, 0.717) is 12.8 Å². The molecule has 0 saturated heterocycles. The van der Waals surface area contributed by atoms with Gasteiger partial charge >= 0.3 is 5.97 Å². The van der Waals surface area contributed by atoms with Crippen molar-refractivity contribution in [1.82, 2.24) is 0 Å². The second kappa shape index (κ2) is 6.37. The summed E-state index contributed by atoms with van der Waals surface area (Å²) < 4.78 is 0. The van der Waals surface area contributed by atoms with Crippen molar-refractivity contribution in [2.24, 2.45) is 10.4 Å². The number of aliphatic carboxylic acids is 1. The standard InChI is InChI=1S/C20H21NO2/c1-20(19(22)23)13-12-17(14-20)21-18(15-8-4-2-5-9-15)16-10-6-3-7-11-16/h2-11,17H,12-14H2,1H3,(H,22,23). The van der Waals surface area contributed by atoms with Gasteiger partial charge in [0.05, 0.1) is 17.2 Å². The van der Waals surface area contributed by atoms with Gasteiger partial charge in [-0.2, -0.15) is 0 Å². The molecule has 1 saturated carbocycles. The molecule has 0 aliphatic heterocycles. The summed E-state index contributed by atoms with van der Waals surface area (Å²) in [5.41, 5.74) is 2.45. The van der Waals surface area contributed by atoms with Crippen LogP contribution in [-0.2, 0) is 4.79 Å². The maximum absolute atomic E-state index is 11.4. The zero-order valence-corrected chi connectivity index (χ0v) is 13.3. The molecule has 0 amide bonds. The predicted octanol–water partition coefficient (Wildman–Crippen LogP) is 4.17. The van der Waals surface area contributed by atoms with Crippen molar-refractivity contribution in [1.29, 1.82) is 0 Å². The number of carbonyl (C=O) groups is 1. The lowest BCUT2D eigenvalue weighted by Crippen LogP contribution is -2.24. The second-order valence-corrected chi connectivity index (χ2v) is 6.47. The van der Waals surface area contributed by atoms with Crippen molar-refractivity contribution in [3.63, 3.8) is 0 Å². The lowest BCUT2D eigenvalue weighted by atomic mass is 9.89. The molecule has 3 heteroatoms. The largest absolute Gasteiger partial charge is 0.481 e. The van der Waals surface area contributed by atoms with Crippen molar-refractivity contribution < 1.29 is 9.90 Å². The van der Waals surface area contributed by atoms with E-state index in [1.165, 1.54) is 0 Å². The normalized spacial score (nSPS) is 23.4.